The van der Waals surface area contributed by atoms with Gasteiger partial charge in [-0.05, 0) is 26.3 Å². The summed E-state index contributed by atoms with van der Waals surface area (Å²) in [5.74, 6) is 4.25. The SMILES string of the molecule is CCc1c(C)nc(C)nc1N1CCN(c2ccnc(C(C)C)n2)CC1. The molecule has 0 N–H and O–H groups in total. The highest BCUT2D eigenvalue weighted by molar-refractivity contribution is 5.51. The molecule has 0 amide bonds. The molecule has 1 aliphatic rings. The van der Waals surface area contributed by atoms with Crippen molar-refractivity contribution >= 4 is 11.6 Å². The highest BCUT2D eigenvalue weighted by Crippen LogP contribution is 2.24. The number of rotatable bonds is 4. The zero-order chi connectivity index (χ0) is 18.0. The Bertz CT molecular complexity index is 735. The summed E-state index contributed by atoms with van der Waals surface area (Å²) < 4.78 is 0. The highest BCUT2D eigenvalue weighted by Gasteiger charge is 2.22. The van der Waals surface area contributed by atoms with Gasteiger partial charge >= 0.3 is 0 Å². The maximum atomic E-state index is 4.73. The fourth-order valence-corrected chi connectivity index (χ4v) is 3.36. The van der Waals surface area contributed by atoms with Gasteiger partial charge in [0.25, 0.3) is 0 Å². The van der Waals surface area contributed by atoms with E-state index in [1.807, 2.05) is 19.2 Å². The lowest BCUT2D eigenvalue weighted by molar-refractivity contribution is 0.632. The van der Waals surface area contributed by atoms with Crippen LogP contribution in [-0.4, -0.2) is 46.1 Å². The number of hydrogen-bond acceptors (Lipinski definition) is 6. The first-order valence-corrected chi connectivity index (χ1v) is 9.16. The molecule has 1 aliphatic heterocycles. The Morgan fingerprint density at radius 2 is 1.68 bits per heavy atom. The molecule has 0 saturated carbocycles. The lowest BCUT2D eigenvalue weighted by Gasteiger charge is -2.37. The predicted molar refractivity (Wildman–Crippen MR) is 101 cm³/mol. The number of piperazine rings is 1. The summed E-state index contributed by atoms with van der Waals surface area (Å²) >= 11 is 0. The number of nitrogens with zero attached hydrogens (tertiary/aromatic N) is 6. The summed E-state index contributed by atoms with van der Waals surface area (Å²) in [6, 6.07) is 2.01. The van der Waals surface area contributed by atoms with Crippen LogP contribution in [0.1, 0.15) is 49.6 Å². The standard InChI is InChI=1S/C19H28N6/c1-6-16-14(4)21-15(5)22-19(16)25-11-9-24(10-12-25)17-7-8-20-18(23-17)13(2)3/h7-8,13H,6,9-12H2,1-5H3. The molecular weight excluding hydrogens is 312 g/mol. The third kappa shape index (κ3) is 3.72. The van der Waals surface area contributed by atoms with Crippen molar-refractivity contribution in [2.75, 3.05) is 36.0 Å². The van der Waals surface area contributed by atoms with Crippen molar-refractivity contribution in [3.05, 3.63) is 35.2 Å². The first-order chi connectivity index (χ1) is 12.0. The molecule has 2 aromatic rings. The number of aromatic nitrogens is 4. The van der Waals surface area contributed by atoms with Crippen LogP contribution < -0.4 is 9.80 Å². The van der Waals surface area contributed by atoms with Gasteiger partial charge in [-0.15, -0.1) is 0 Å². The van der Waals surface area contributed by atoms with Crippen molar-refractivity contribution in [1.29, 1.82) is 0 Å². The van der Waals surface area contributed by atoms with Gasteiger partial charge in [-0.1, -0.05) is 20.8 Å². The van der Waals surface area contributed by atoms with Crippen LogP contribution in [0.3, 0.4) is 0 Å². The number of hydrogen-bond donors (Lipinski definition) is 0. The van der Waals surface area contributed by atoms with Crippen LogP contribution in [0.25, 0.3) is 0 Å². The number of aryl methyl sites for hydroxylation is 2. The third-order valence-corrected chi connectivity index (χ3v) is 4.74. The lowest BCUT2D eigenvalue weighted by Crippen LogP contribution is -2.47. The van der Waals surface area contributed by atoms with E-state index in [0.717, 1.165) is 61.6 Å². The van der Waals surface area contributed by atoms with Crippen molar-refractivity contribution in [3.8, 4) is 0 Å². The maximum Gasteiger partial charge on any atom is 0.135 e. The van der Waals surface area contributed by atoms with E-state index in [1.165, 1.54) is 5.56 Å². The van der Waals surface area contributed by atoms with Crippen LogP contribution in [0.2, 0.25) is 0 Å². The molecule has 0 radical (unpaired) electrons. The van der Waals surface area contributed by atoms with E-state index < -0.39 is 0 Å². The monoisotopic (exact) mass is 340 g/mol. The maximum absolute atomic E-state index is 4.73. The average molecular weight is 340 g/mol. The second kappa shape index (κ2) is 7.33. The molecule has 6 heteroatoms. The fraction of sp³-hybridized carbons (Fsp3) is 0.579. The molecular formula is C19H28N6. The van der Waals surface area contributed by atoms with Crippen molar-refractivity contribution < 1.29 is 0 Å². The summed E-state index contributed by atoms with van der Waals surface area (Å²) in [4.78, 5) is 23.1. The zero-order valence-corrected chi connectivity index (χ0v) is 16.0. The van der Waals surface area contributed by atoms with E-state index in [9.17, 15) is 0 Å². The largest absolute Gasteiger partial charge is 0.353 e. The molecule has 0 aromatic carbocycles. The van der Waals surface area contributed by atoms with Gasteiger partial charge < -0.3 is 9.80 Å². The molecule has 134 valence electrons. The minimum atomic E-state index is 0.348. The van der Waals surface area contributed by atoms with Crippen LogP contribution >= 0.6 is 0 Å². The quantitative estimate of drug-likeness (QED) is 0.853. The topological polar surface area (TPSA) is 58.0 Å². The number of anilines is 2. The molecule has 1 fully saturated rings. The second-order valence-electron chi connectivity index (χ2n) is 6.91. The molecule has 0 spiro atoms. The zero-order valence-electron chi connectivity index (χ0n) is 16.0. The summed E-state index contributed by atoms with van der Waals surface area (Å²) in [7, 11) is 0. The van der Waals surface area contributed by atoms with Crippen molar-refractivity contribution in [1.82, 2.24) is 19.9 Å². The second-order valence-corrected chi connectivity index (χ2v) is 6.91. The van der Waals surface area contributed by atoms with Crippen LogP contribution in [0.4, 0.5) is 11.6 Å². The fourth-order valence-electron chi connectivity index (χ4n) is 3.36. The van der Waals surface area contributed by atoms with Crippen molar-refractivity contribution in [3.63, 3.8) is 0 Å². The van der Waals surface area contributed by atoms with E-state index in [2.05, 4.69) is 47.5 Å². The summed E-state index contributed by atoms with van der Waals surface area (Å²) in [6.07, 6.45) is 2.84. The van der Waals surface area contributed by atoms with Crippen LogP contribution in [0, 0.1) is 13.8 Å². The Kier molecular flexibility index (Phi) is 5.16. The molecule has 1 saturated heterocycles. The summed E-state index contributed by atoms with van der Waals surface area (Å²) in [5.41, 5.74) is 2.37. The van der Waals surface area contributed by atoms with Crippen LogP contribution in [-0.2, 0) is 6.42 Å². The van der Waals surface area contributed by atoms with Gasteiger partial charge in [0, 0.05) is 49.6 Å². The Balaban J connectivity index is 1.75. The third-order valence-electron chi connectivity index (χ3n) is 4.74. The first-order valence-electron chi connectivity index (χ1n) is 9.16. The average Bonchev–Trinajstić information content (AvgIpc) is 2.61. The van der Waals surface area contributed by atoms with Gasteiger partial charge in [0.05, 0.1) is 0 Å². The summed E-state index contributed by atoms with van der Waals surface area (Å²) in [5, 5.41) is 0. The first kappa shape index (κ1) is 17.6. The highest BCUT2D eigenvalue weighted by atomic mass is 15.3. The summed E-state index contributed by atoms with van der Waals surface area (Å²) in [6.45, 7) is 14.3. The van der Waals surface area contributed by atoms with Gasteiger partial charge in [0.1, 0.15) is 23.3 Å². The van der Waals surface area contributed by atoms with Gasteiger partial charge in [-0.3, -0.25) is 0 Å². The minimum absolute atomic E-state index is 0.348. The van der Waals surface area contributed by atoms with Crippen molar-refractivity contribution in [2.24, 2.45) is 0 Å². The molecule has 3 heterocycles. The molecule has 0 unspecified atom stereocenters. The van der Waals surface area contributed by atoms with Gasteiger partial charge in [0.15, 0.2) is 0 Å². The Morgan fingerprint density at radius 3 is 2.32 bits per heavy atom. The Labute approximate surface area is 150 Å². The van der Waals surface area contributed by atoms with E-state index in [0.29, 0.717) is 5.92 Å². The van der Waals surface area contributed by atoms with E-state index in [1.54, 1.807) is 0 Å². The predicted octanol–water partition coefficient (Wildman–Crippen LogP) is 2.90. The smallest absolute Gasteiger partial charge is 0.135 e. The normalized spacial score (nSPS) is 15.1. The molecule has 3 rings (SSSR count). The van der Waals surface area contributed by atoms with E-state index in [-0.39, 0.29) is 0 Å². The molecule has 25 heavy (non-hydrogen) atoms. The lowest BCUT2D eigenvalue weighted by atomic mass is 10.1. The van der Waals surface area contributed by atoms with E-state index in [4.69, 9.17) is 9.97 Å². The van der Waals surface area contributed by atoms with Gasteiger partial charge in [0.2, 0.25) is 0 Å². The van der Waals surface area contributed by atoms with Gasteiger partial charge in [-0.2, -0.15) is 0 Å². The molecule has 0 atom stereocenters. The molecule has 0 aliphatic carbocycles. The molecule has 0 bridgehead atoms. The molecule has 2 aromatic heterocycles. The van der Waals surface area contributed by atoms with Crippen LogP contribution in [0.15, 0.2) is 12.3 Å². The Hall–Kier alpha value is -2.24. The minimum Gasteiger partial charge on any atom is -0.353 e. The van der Waals surface area contributed by atoms with E-state index >= 15 is 0 Å². The Morgan fingerprint density at radius 1 is 1.00 bits per heavy atom. The van der Waals surface area contributed by atoms with Crippen LogP contribution in [0.5, 0.6) is 0 Å². The molecule has 6 nitrogen and oxygen atoms in total. The van der Waals surface area contributed by atoms with Gasteiger partial charge in [-0.25, -0.2) is 19.9 Å². The van der Waals surface area contributed by atoms with Crippen molar-refractivity contribution in [2.45, 2.75) is 47.0 Å².